The lowest BCUT2D eigenvalue weighted by Gasteiger charge is -2.28. The second-order valence-electron chi connectivity index (χ2n) is 7.67. The lowest BCUT2D eigenvalue weighted by molar-refractivity contribution is 0.0904. The molecule has 2 aromatic carbocycles. The molecule has 0 bridgehead atoms. The van der Waals surface area contributed by atoms with Gasteiger partial charge in [-0.3, -0.25) is 4.79 Å². The van der Waals surface area contributed by atoms with E-state index in [9.17, 15) is 9.18 Å². The Kier molecular flexibility index (Phi) is 6.11. The highest BCUT2D eigenvalue weighted by Crippen LogP contribution is 2.18. The van der Waals surface area contributed by atoms with Crippen LogP contribution in [0.2, 0.25) is 0 Å². The Morgan fingerprint density at radius 2 is 2.07 bits per heavy atom. The lowest BCUT2D eigenvalue weighted by atomic mass is 10.1. The van der Waals surface area contributed by atoms with Crippen LogP contribution in [-0.2, 0) is 11.3 Å². The molecule has 0 aliphatic carbocycles. The van der Waals surface area contributed by atoms with E-state index in [2.05, 4.69) is 10.3 Å². The molecule has 2 heterocycles. The van der Waals surface area contributed by atoms with Gasteiger partial charge in [-0.1, -0.05) is 12.1 Å². The van der Waals surface area contributed by atoms with Gasteiger partial charge in [0, 0.05) is 29.9 Å². The van der Waals surface area contributed by atoms with Crippen molar-refractivity contribution in [3.05, 3.63) is 75.8 Å². The third-order valence-corrected chi connectivity index (χ3v) is 5.63. The fourth-order valence-corrected chi connectivity index (χ4v) is 3.93. The number of pyridine rings is 1. The number of aryl methyl sites for hydroxylation is 1. The maximum Gasteiger partial charge on any atom is 0.253 e. The molecule has 0 amide bonds. The first-order valence-corrected chi connectivity index (χ1v) is 10.4. The van der Waals surface area contributed by atoms with Crippen LogP contribution in [-0.4, -0.2) is 34.3 Å². The van der Waals surface area contributed by atoms with Gasteiger partial charge in [0.05, 0.1) is 12.6 Å². The van der Waals surface area contributed by atoms with Gasteiger partial charge in [-0.15, -0.1) is 0 Å². The minimum atomic E-state index is -0.305. The quantitative estimate of drug-likeness (QED) is 0.595. The summed E-state index contributed by atoms with van der Waals surface area (Å²) in [5.41, 5.74) is 3.11. The molecule has 4 rings (SSSR count). The van der Waals surface area contributed by atoms with Crippen molar-refractivity contribution in [2.75, 3.05) is 18.5 Å². The molecule has 5 nitrogen and oxygen atoms in total. The van der Waals surface area contributed by atoms with Crippen LogP contribution in [0.5, 0.6) is 0 Å². The smallest absolute Gasteiger partial charge is 0.253 e. The predicted molar refractivity (Wildman–Crippen MR) is 121 cm³/mol. The summed E-state index contributed by atoms with van der Waals surface area (Å²) in [6.45, 7) is 3.67. The van der Waals surface area contributed by atoms with Gasteiger partial charge in [-0.05, 0) is 79.3 Å². The number of aromatic amines is 1. The molecule has 7 heteroatoms. The Morgan fingerprint density at radius 1 is 1.27 bits per heavy atom. The summed E-state index contributed by atoms with van der Waals surface area (Å²) < 4.78 is 19.0. The van der Waals surface area contributed by atoms with Crippen molar-refractivity contribution in [3.8, 4) is 0 Å². The number of benzene rings is 2. The number of aromatic nitrogens is 1. The number of rotatable bonds is 5. The van der Waals surface area contributed by atoms with Crippen LogP contribution >= 0.6 is 12.2 Å². The molecule has 1 saturated heterocycles. The van der Waals surface area contributed by atoms with E-state index >= 15 is 0 Å². The summed E-state index contributed by atoms with van der Waals surface area (Å²) in [6.07, 6.45) is 2.05. The topological polar surface area (TPSA) is 57.4 Å². The number of hydrogen-bond donors (Lipinski definition) is 2. The van der Waals surface area contributed by atoms with Gasteiger partial charge in [0.1, 0.15) is 5.82 Å². The van der Waals surface area contributed by atoms with E-state index in [1.807, 2.05) is 36.1 Å². The van der Waals surface area contributed by atoms with Crippen molar-refractivity contribution >= 4 is 33.9 Å². The molecule has 1 fully saturated rings. The average Bonchev–Trinajstić information content (AvgIpc) is 3.23. The highest BCUT2D eigenvalue weighted by Gasteiger charge is 2.22. The summed E-state index contributed by atoms with van der Waals surface area (Å²) in [5, 5.41) is 4.60. The normalized spacial score (nSPS) is 16.0. The van der Waals surface area contributed by atoms with Gasteiger partial charge in [0.15, 0.2) is 5.11 Å². The van der Waals surface area contributed by atoms with Crippen molar-refractivity contribution in [1.29, 1.82) is 0 Å². The Balaban J connectivity index is 1.58. The summed E-state index contributed by atoms with van der Waals surface area (Å²) in [6, 6.07) is 13.9. The summed E-state index contributed by atoms with van der Waals surface area (Å²) >= 11 is 5.63. The molecule has 3 aromatic rings. The molecule has 1 atom stereocenters. The van der Waals surface area contributed by atoms with Crippen molar-refractivity contribution < 1.29 is 9.13 Å². The molecule has 0 unspecified atom stereocenters. The van der Waals surface area contributed by atoms with E-state index in [0.29, 0.717) is 29.5 Å². The average molecular weight is 426 g/mol. The Bertz CT molecular complexity index is 1110. The number of halogens is 1. The van der Waals surface area contributed by atoms with Crippen LogP contribution in [0.4, 0.5) is 10.1 Å². The molecule has 0 radical (unpaired) electrons. The number of ether oxygens (including phenoxy) is 1. The van der Waals surface area contributed by atoms with Crippen LogP contribution in [0, 0.1) is 12.7 Å². The molecule has 1 aliphatic rings. The predicted octanol–water partition coefficient (Wildman–Crippen LogP) is 4.35. The first kappa shape index (κ1) is 20.5. The maximum absolute atomic E-state index is 13.2. The maximum atomic E-state index is 13.2. The van der Waals surface area contributed by atoms with E-state index in [4.69, 9.17) is 17.0 Å². The van der Waals surface area contributed by atoms with E-state index in [1.165, 1.54) is 12.1 Å². The second-order valence-corrected chi connectivity index (χ2v) is 8.05. The summed E-state index contributed by atoms with van der Waals surface area (Å²) in [4.78, 5) is 17.6. The molecule has 156 valence electrons. The van der Waals surface area contributed by atoms with Gasteiger partial charge in [0.25, 0.3) is 5.56 Å². The van der Waals surface area contributed by atoms with Crippen LogP contribution in [0.3, 0.4) is 0 Å². The standard InChI is InChI=1S/C23H24FN3O2S/c1-15-4-5-16-12-17(22(28)26-21(16)11-15)13-27(14-20-3-2-10-29-20)23(30)25-19-8-6-18(24)7-9-19/h4-9,11-12,20H,2-3,10,13-14H2,1H3,(H,25,30)(H,26,28)/t20-/m1/s1. The Labute approximate surface area is 179 Å². The number of nitrogens with zero attached hydrogens (tertiary/aromatic N) is 1. The highest BCUT2D eigenvalue weighted by atomic mass is 32.1. The van der Waals surface area contributed by atoms with Crippen molar-refractivity contribution in [2.24, 2.45) is 0 Å². The van der Waals surface area contributed by atoms with E-state index in [0.717, 1.165) is 35.9 Å². The number of thiocarbonyl (C=S) groups is 1. The number of nitrogens with one attached hydrogen (secondary N) is 2. The zero-order valence-electron chi connectivity index (χ0n) is 16.8. The highest BCUT2D eigenvalue weighted by molar-refractivity contribution is 7.80. The molecular weight excluding hydrogens is 401 g/mol. The number of anilines is 1. The Hall–Kier alpha value is -2.77. The SMILES string of the molecule is Cc1ccc2cc(CN(C[C@H]3CCCO3)C(=S)Nc3ccc(F)cc3)c(=O)[nH]c2c1. The fourth-order valence-electron chi connectivity index (χ4n) is 3.67. The zero-order valence-corrected chi connectivity index (χ0v) is 17.6. The van der Waals surface area contributed by atoms with Crippen LogP contribution < -0.4 is 10.9 Å². The largest absolute Gasteiger partial charge is 0.376 e. The number of hydrogen-bond acceptors (Lipinski definition) is 3. The van der Waals surface area contributed by atoms with Crippen LogP contribution in [0.1, 0.15) is 24.0 Å². The van der Waals surface area contributed by atoms with E-state index in [-0.39, 0.29) is 17.5 Å². The van der Waals surface area contributed by atoms with Crippen LogP contribution in [0.15, 0.2) is 53.3 Å². The minimum absolute atomic E-state index is 0.0696. The summed E-state index contributed by atoms with van der Waals surface area (Å²) in [5.74, 6) is -0.305. The molecular formula is C23H24FN3O2S. The van der Waals surface area contributed by atoms with Crippen LogP contribution in [0.25, 0.3) is 10.9 Å². The molecule has 0 spiro atoms. The van der Waals surface area contributed by atoms with Crippen molar-refractivity contribution in [1.82, 2.24) is 9.88 Å². The molecule has 1 aromatic heterocycles. The number of H-pyrrole nitrogens is 1. The van der Waals surface area contributed by atoms with Gasteiger partial charge >= 0.3 is 0 Å². The first-order valence-electron chi connectivity index (χ1n) is 10.0. The lowest BCUT2D eigenvalue weighted by Crippen LogP contribution is -2.40. The van der Waals surface area contributed by atoms with Crippen molar-refractivity contribution in [3.63, 3.8) is 0 Å². The first-order chi connectivity index (χ1) is 14.5. The van der Waals surface area contributed by atoms with Gasteiger partial charge < -0.3 is 19.9 Å². The zero-order chi connectivity index (χ0) is 21.1. The van der Waals surface area contributed by atoms with Gasteiger partial charge in [-0.2, -0.15) is 0 Å². The minimum Gasteiger partial charge on any atom is -0.376 e. The van der Waals surface area contributed by atoms with E-state index in [1.54, 1.807) is 12.1 Å². The van der Waals surface area contributed by atoms with Crippen molar-refractivity contribution in [2.45, 2.75) is 32.4 Å². The molecule has 1 aliphatic heterocycles. The number of fused-ring (bicyclic) bond motifs is 1. The Morgan fingerprint density at radius 3 is 2.80 bits per heavy atom. The molecule has 30 heavy (non-hydrogen) atoms. The van der Waals surface area contributed by atoms with Gasteiger partial charge in [0.2, 0.25) is 0 Å². The van der Waals surface area contributed by atoms with Gasteiger partial charge in [-0.25, -0.2) is 4.39 Å². The fraction of sp³-hybridized carbons (Fsp3) is 0.304. The summed E-state index contributed by atoms with van der Waals surface area (Å²) in [7, 11) is 0. The molecule has 2 N–H and O–H groups in total. The third kappa shape index (κ3) is 4.86. The second kappa shape index (κ2) is 8.93. The van der Waals surface area contributed by atoms with E-state index < -0.39 is 0 Å². The molecule has 0 saturated carbocycles. The third-order valence-electron chi connectivity index (χ3n) is 5.27. The monoisotopic (exact) mass is 425 g/mol.